The second-order valence-electron chi connectivity index (χ2n) is 6.43. The average Bonchev–Trinajstić information content (AvgIpc) is 3.05. The van der Waals surface area contributed by atoms with E-state index in [1.54, 1.807) is 30.8 Å². The molecule has 1 aliphatic heterocycles. The summed E-state index contributed by atoms with van der Waals surface area (Å²) in [6.45, 7) is 3.03. The Balaban J connectivity index is 1.80. The largest absolute Gasteiger partial charge is 0.345 e. The molecule has 3 rings (SSSR count). The maximum absolute atomic E-state index is 12.9. The molecule has 1 aliphatic rings. The molecule has 0 unspecified atom stereocenters. The highest BCUT2D eigenvalue weighted by Crippen LogP contribution is 2.24. The van der Waals surface area contributed by atoms with Crippen LogP contribution in [0.25, 0.3) is 0 Å². The number of amides is 1. The van der Waals surface area contributed by atoms with Gasteiger partial charge in [0.15, 0.2) is 0 Å². The first-order valence-electron chi connectivity index (χ1n) is 8.61. The Morgan fingerprint density at radius 1 is 1.23 bits per heavy atom. The van der Waals surface area contributed by atoms with Gasteiger partial charge in [-0.3, -0.25) is 9.48 Å². The molecule has 140 valence electrons. The highest BCUT2D eigenvalue weighted by molar-refractivity contribution is 7.89. The lowest BCUT2D eigenvalue weighted by molar-refractivity contribution is 0.0949. The molecule has 8 nitrogen and oxygen atoms in total. The van der Waals surface area contributed by atoms with Crippen LogP contribution in [0.2, 0.25) is 0 Å². The topological polar surface area (TPSA) is 97.2 Å². The number of piperidine rings is 1. The maximum atomic E-state index is 12.9. The van der Waals surface area contributed by atoms with Crippen molar-refractivity contribution in [2.45, 2.75) is 37.6 Å². The summed E-state index contributed by atoms with van der Waals surface area (Å²) in [5, 5.41) is 6.70. The predicted molar refractivity (Wildman–Crippen MR) is 96.0 cm³/mol. The van der Waals surface area contributed by atoms with Crippen LogP contribution in [0.15, 0.2) is 29.4 Å². The molecule has 0 spiro atoms. The molecular weight excluding hydrogens is 354 g/mol. The van der Waals surface area contributed by atoms with Crippen LogP contribution in [0.5, 0.6) is 0 Å². The molecule has 9 heteroatoms. The lowest BCUT2D eigenvalue weighted by Gasteiger charge is -2.26. The fraction of sp³-hybridized carbons (Fsp3) is 0.471. The quantitative estimate of drug-likeness (QED) is 0.845. The zero-order valence-corrected chi connectivity index (χ0v) is 15.8. The van der Waals surface area contributed by atoms with Crippen LogP contribution in [0, 0.1) is 6.92 Å². The predicted octanol–water partition coefficient (Wildman–Crippen LogP) is 1.23. The summed E-state index contributed by atoms with van der Waals surface area (Å²) in [4.78, 5) is 16.7. The number of nitrogens with zero attached hydrogens (tertiary/aromatic N) is 4. The molecule has 1 aromatic carbocycles. The Bertz CT molecular complexity index is 901. The third kappa shape index (κ3) is 3.78. The van der Waals surface area contributed by atoms with E-state index in [4.69, 9.17) is 0 Å². The van der Waals surface area contributed by atoms with Gasteiger partial charge >= 0.3 is 0 Å². The Labute approximate surface area is 153 Å². The minimum Gasteiger partial charge on any atom is -0.345 e. The molecule has 1 N–H and O–H groups in total. The summed E-state index contributed by atoms with van der Waals surface area (Å²) in [6, 6.07) is 4.77. The second kappa shape index (κ2) is 7.55. The summed E-state index contributed by atoms with van der Waals surface area (Å²) in [7, 11) is -1.85. The molecule has 0 atom stereocenters. The number of aryl methyl sites for hydroxylation is 2. The number of benzene rings is 1. The van der Waals surface area contributed by atoms with E-state index < -0.39 is 10.0 Å². The highest BCUT2D eigenvalue weighted by atomic mass is 32.2. The number of carbonyl (C=O) groups excluding carboxylic acids is 1. The van der Waals surface area contributed by atoms with Crippen LogP contribution in [-0.2, 0) is 23.6 Å². The van der Waals surface area contributed by atoms with Crippen molar-refractivity contribution < 1.29 is 13.2 Å². The smallest absolute Gasteiger partial charge is 0.251 e. The number of aromatic nitrogens is 3. The lowest BCUT2D eigenvalue weighted by Crippen LogP contribution is -2.36. The zero-order chi connectivity index (χ0) is 18.7. The molecule has 0 bridgehead atoms. The van der Waals surface area contributed by atoms with Crippen molar-refractivity contribution in [2.24, 2.45) is 7.05 Å². The van der Waals surface area contributed by atoms with Crippen molar-refractivity contribution >= 4 is 15.9 Å². The van der Waals surface area contributed by atoms with Gasteiger partial charge in [-0.2, -0.15) is 9.40 Å². The van der Waals surface area contributed by atoms with Gasteiger partial charge in [-0.15, -0.1) is 0 Å². The van der Waals surface area contributed by atoms with Gasteiger partial charge in [0.1, 0.15) is 12.2 Å². The van der Waals surface area contributed by atoms with Crippen molar-refractivity contribution in [1.29, 1.82) is 0 Å². The van der Waals surface area contributed by atoms with Crippen molar-refractivity contribution in [3.8, 4) is 0 Å². The number of carbonyl (C=O) groups is 1. The molecular formula is C17H23N5O3S. The number of nitrogens with one attached hydrogen (secondary N) is 1. The number of rotatable bonds is 5. The average molecular weight is 377 g/mol. The van der Waals surface area contributed by atoms with Crippen LogP contribution in [0.4, 0.5) is 0 Å². The van der Waals surface area contributed by atoms with E-state index in [9.17, 15) is 13.2 Å². The molecule has 0 saturated carbocycles. The highest BCUT2D eigenvalue weighted by Gasteiger charge is 2.28. The molecule has 0 radical (unpaired) electrons. The Kier molecular flexibility index (Phi) is 5.38. The Hall–Kier alpha value is -2.26. The van der Waals surface area contributed by atoms with E-state index >= 15 is 0 Å². The van der Waals surface area contributed by atoms with Crippen LogP contribution in [-0.4, -0.2) is 46.5 Å². The zero-order valence-electron chi connectivity index (χ0n) is 15.0. The first-order valence-corrected chi connectivity index (χ1v) is 10.1. The number of hydrogen-bond donors (Lipinski definition) is 1. The lowest BCUT2D eigenvalue weighted by atomic mass is 10.1. The summed E-state index contributed by atoms with van der Waals surface area (Å²) >= 11 is 0. The fourth-order valence-corrected chi connectivity index (χ4v) is 4.77. The monoisotopic (exact) mass is 377 g/mol. The van der Waals surface area contributed by atoms with Gasteiger partial charge in [0, 0.05) is 25.7 Å². The molecule has 1 amide bonds. The summed E-state index contributed by atoms with van der Waals surface area (Å²) < 4.78 is 29.0. The minimum atomic E-state index is -3.59. The van der Waals surface area contributed by atoms with E-state index in [2.05, 4.69) is 15.4 Å². The summed E-state index contributed by atoms with van der Waals surface area (Å²) in [5.41, 5.74) is 0.953. The van der Waals surface area contributed by atoms with Crippen LogP contribution < -0.4 is 5.32 Å². The number of hydrogen-bond acceptors (Lipinski definition) is 5. The van der Waals surface area contributed by atoms with Gasteiger partial charge < -0.3 is 5.32 Å². The molecule has 0 aliphatic carbocycles. The molecule has 2 aromatic rings. The van der Waals surface area contributed by atoms with Crippen molar-refractivity contribution in [3.05, 3.63) is 41.5 Å². The van der Waals surface area contributed by atoms with Gasteiger partial charge in [0.2, 0.25) is 10.0 Å². The summed E-state index contributed by atoms with van der Waals surface area (Å²) in [6.07, 6.45) is 4.21. The Morgan fingerprint density at radius 3 is 2.62 bits per heavy atom. The van der Waals surface area contributed by atoms with Crippen molar-refractivity contribution in [1.82, 2.24) is 24.4 Å². The van der Waals surface area contributed by atoms with Crippen LogP contribution >= 0.6 is 0 Å². The van der Waals surface area contributed by atoms with Gasteiger partial charge in [-0.05, 0) is 37.5 Å². The summed E-state index contributed by atoms with van der Waals surface area (Å²) in [5.74, 6) is 0.273. The molecule has 26 heavy (non-hydrogen) atoms. The molecule has 1 aromatic heterocycles. The number of sulfonamides is 1. The first kappa shape index (κ1) is 18.5. The van der Waals surface area contributed by atoms with Gasteiger partial charge in [0.25, 0.3) is 5.91 Å². The SMILES string of the molecule is Cc1ccc(C(=O)NCc2ncnn2C)cc1S(=O)(=O)N1CCCCC1. The van der Waals surface area contributed by atoms with Gasteiger partial charge in [-0.1, -0.05) is 12.5 Å². The van der Waals surface area contributed by atoms with E-state index in [1.165, 1.54) is 16.7 Å². The Morgan fingerprint density at radius 2 is 1.96 bits per heavy atom. The normalized spacial score (nSPS) is 15.8. The van der Waals surface area contributed by atoms with Crippen LogP contribution in [0.3, 0.4) is 0 Å². The third-order valence-corrected chi connectivity index (χ3v) is 6.64. The van der Waals surface area contributed by atoms with E-state index in [0.717, 1.165) is 19.3 Å². The van der Waals surface area contributed by atoms with Gasteiger partial charge in [-0.25, -0.2) is 13.4 Å². The van der Waals surface area contributed by atoms with Crippen molar-refractivity contribution in [2.75, 3.05) is 13.1 Å². The van der Waals surface area contributed by atoms with E-state index in [0.29, 0.717) is 30.0 Å². The molecule has 1 saturated heterocycles. The minimum absolute atomic E-state index is 0.200. The van der Waals surface area contributed by atoms with E-state index in [1.807, 2.05) is 0 Å². The molecule has 2 heterocycles. The van der Waals surface area contributed by atoms with Gasteiger partial charge in [0.05, 0.1) is 11.4 Å². The van der Waals surface area contributed by atoms with E-state index in [-0.39, 0.29) is 17.3 Å². The van der Waals surface area contributed by atoms with Crippen molar-refractivity contribution in [3.63, 3.8) is 0 Å². The first-order chi connectivity index (χ1) is 12.4. The molecule has 1 fully saturated rings. The standard InChI is InChI=1S/C17H23N5O3S/c1-13-6-7-14(17(23)18-11-16-19-12-20-21(16)2)10-15(13)26(24,25)22-8-4-3-5-9-22/h6-7,10,12H,3-5,8-9,11H2,1-2H3,(H,18,23). The maximum Gasteiger partial charge on any atom is 0.251 e. The van der Waals surface area contributed by atoms with Crippen LogP contribution in [0.1, 0.15) is 41.0 Å². The second-order valence-corrected chi connectivity index (χ2v) is 8.33. The fourth-order valence-electron chi connectivity index (χ4n) is 3.01. The third-order valence-electron chi connectivity index (χ3n) is 4.60.